The molecule has 0 spiro atoms. The summed E-state index contributed by atoms with van der Waals surface area (Å²) in [5.74, 6) is 0.111. The molecule has 23 heavy (non-hydrogen) atoms. The third kappa shape index (κ3) is 4.55. The monoisotopic (exact) mass is 318 g/mol. The van der Waals surface area contributed by atoms with Gasteiger partial charge >= 0.3 is 0 Å². The van der Waals surface area contributed by atoms with Crippen molar-refractivity contribution in [3.63, 3.8) is 0 Å². The van der Waals surface area contributed by atoms with Crippen molar-refractivity contribution in [1.82, 2.24) is 10.2 Å². The molecule has 1 heterocycles. The minimum Gasteiger partial charge on any atom is -0.367 e. The van der Waals surface area contributed by atoms with Crippen LogP contribution in [-0.2, 0) is 14.3 Å². The molecule has 5 heteroatoms. The molecule has 1 N–H and O–H groups in total. The van der Waals surface area contributed by atoms with Crippen LogP contribution < -0.4 is 5.32 Å². The zero-order valence-corrected chi connectivity index (χ0v) is 14.0. The standard InChI is InChI=1S/C18H26N2O3/c1-3-11-19-17(21)15-9-12-20(13-10-15)18(22)16(23-2)14-7-5-4-6-8-14/h4-8,15-16H,3,9-13H2,1-2H3,(H,19,21). The number of nitrogens with zero attached hydrogens (tertiary/aromatic N) is 1. The molecule has 126 valence electrons. The Morgan fingerprint density at radius 2 is 1.91 bits per heavy atom. The second kappa shape index (κ2) is 8.67. The van der Waals surface area contributed by atoms with E-state index in [0.717, 1.165) is 18.5 Å². The average Bonchev–Trinajstić information content (AvgIpc) is 2.61. The molecule has 0 bridgehead atoms. The fourth-order valence-corrected chi connectivity index (χ4v) is 2.93. The number of amides is 2. The first-order valence-electron chi connectivity index (χ1n) is 8.31. The summed E-state index contributed by atoms with van der Waals surface area (Å²) in [7, 11) is 1.56. The first-order chi connectivity index (χ1) is 11.2. The summed E-state index contributed by atoms with van der Waals surface area (Å²) in [6.07, 6.45) is 1.80. The van der Waals surface area contributed by atoms with Gasteiger partial charge in [0.2, 0.25) is 5.91 Å². The number of carbonyl (C=O) groups is 2. The van der Waals surface area contributed by atoms with Gasteiger partial charge in [0.15, 0.2) is 6.10 Å². The van der Waals surface area contributed by atoms with Gasteiger partial charge in [0.05, 0.1) is 0 Å². The number of methoxy groups -OCH3 is 1. The van der Waals surface area contributed by atoms with Crippen LogP contribution in [0.25, 0.3) is 0 Å². The topological polar surface area (TPSA) is 58.6 Å². The van der Waals surface area contributed by atoms with Crippen molar-refractivity contribution >= 4 is 11.8 Å². The maximum atomic E-state index is 12.7. The number of hydrogen-bond donors (Lipinski definition) is 1. The van der Waals surface area contributed by atoms with E-state index in [1.165, 1.54) is 0 Å². The van der Waals surface area contributed by atoms with E-state index in [0.29, 0.717) is 25.9 Å². The van der Waals surface area contributed by atoms with Gasteiger partial charge in [-0.3, -0.25) is 9.59 Å². The third-order valence-electron chi connectivity index (χ3n) is 4.29. The molecule has 0 aromatic heterocycles. The highest BCUT2D eigenvalue weighted by atomic mass is 16.5. The van der Waals surface area contributed by atoms with Crippen LogP contribution in [0.3, 0.4) is 0 Å². The normalized spacial score (nSPS) is 16.9. The zero-order chi connectivity index (χ0) is 16.7. The molecule has 1 aliphatic rings. The fourth-order valence-electron chi connectivity index (χ4n) is 2.93. The number of ether oxygens (including phenoxy) is 1. The largest absolute Gasteiger partial charge is 0.367 e. The Morgan fingerprint density at radius 3 is 2.48 bits per heavy atom. The molecule has 2 amide bonds. The Morgan fingerprint density at radius 1 is 1.26 bits per heavy atom. The van der Waals surface area contributed by atoms with Crippen LogP contribution in [0.4, 0.5) is 0 Å². The van der Waals surface area contributed by atoms with Gasteiger partial charge in [-0.25, -0.2) is 0 Å². The first-order valence-corrected chi connectivity index (χ1v) is 8.31. The molecule has 0 aliphatic carbocycles. The molecule has 1 aromatic rings. The molecular weight excluding hydrogens is 292 g/mol. The average molecular weight is 318 g/mol. The van der Waals surface area contributed by atoms with Crippen LogP contribution in [0, 0.1) is 5.92 Å². The zero-order valence-electron chi connectivity index (χ0n) is 14.0. The summed E-state index contributed by atoms with van der Waals surface area (Å²) < 4.78 is 5.41. The van der Waals surface area contributed by atoms with Gasteiger partial charge in [-0.1, -0.05) is 37.3 Å². The van der Waals surface area contributed by atoms with Gasteiger partial charge in [-0.05, 0) is 24.8 Å². The third-order valence-corrected chi connectivity index (χ3v) is 4.29. The van der Waals surface area contributed by atoms with Crippen molar-refractivity contribution in [2.45, 2.75) is 32.3 Å². The van der Waals surface area contributed by atoms with Crippen LogP contribution in [0.1, 0.15) is 37.9 Å². The van der Waals surface area contributed by atoms with E-state index >= 15 is 0 Å². The van der Waals surface area contributed by atoms with Crippen LogP contribution >= 0.6 is 0 Å². The van der Waals surface area contributed by atoms with Gasteiger partial charge in [0.25, 0.3) is 5.91 Å². The summed E-state index contributed by atoms with van der Waals surface area (Å²) in [5, 5.41) is 2.94. The van der Waals surface area contributed by atoms with Crippen molar-refractivity contribution in [1.29, 1.82) is 0 Å². The lowest BCUT2D eigenvalue weighted by atomic mass is 9.95. The summed E-state index contributed by atoms with van der Waals surface area (Å²) in [4.78, 5) is 26.5. The highest BCUT2D eigenvalue weighted by Gasteiger charge is 2.31. The van der Waals surface area contributed by atoms with Gasteiger partial charge in [-0.2, -0.15) is 0 Å². The molecule has 5 nitrogen and oxygen atoms in total. The van der Waals surface area contributed by atoms with Crippen LogP contribution in [-0.4, -0.2) is 43.5 Å². The van der Waals surface area contributed by atoms with E-state index in [2.05, 4.69) is 5.32 Å². The molecule has 0 radical (unpaired) electrons. The Balaban J connectivity index is 1.91. The Kier molecular flexibility index (Phi) is 6.59. The second-order valence-electron chi connectivity index (χ2n) is 5.92. The number of piperidine rings is 1. The molecule has 1 aromatic carbocycles. The highest BCUT2D eigenvalue weighted by molar-refractivity contribution is 5.83. The number of carbonyl (C=O) groups excluding carboxylic acids is 2. The Bertz CT molecular complexity index is 510. The predicted octanol–water partition coefficient (Wildman–Crippen LogP) is 2.14. The van der Waals surface area contributed by atoms with E-state index in [1.54, 1.807) is 7.11 Å². The number of rotatable bonds is 6. The summed E-state index contributed by atoms with van der Waals surface area (Å²) >= 11 is 0. The Hall–Kier alpha value is -1.88. The fraction of sp³-hybridized carbons (Fsp3) is 0.556. The molecule has 1 atom stereocenters. The van der Waals surface area contributed by atoms with E-state index in [1.807, 2.05) is 42.2 Å². The van der Waals surface area contributed by atoms with E-state index in [9.17, 15) is 9.59 Å². The lowest BCUT2D eigenvalue weighted by molar-refractivity contribution is -0.145. The number of hydrogen-bond acceptors (Lipinski definition) is 3. The van der Waals surface area contributed by atoms with Crippen LogP contribution in [0.15, 0.2) is 30.3 Å². The number of likely N-dealkylation sites (tertiary alicyclic amines) is 1. The molecule has 2 rings (SSSR count). The van der Waals surface area contributed by atoms with Gasteiger partial charge in [0, 0.05) is 32.7 Å². The minimum atomic E-state index is -0.568. The maximum Gasteiger partial charge on any atom is 0.256 e. The quantitative estimate of drug-likeness (QED) is 0.874. The van der Waals surface area contributed by atoms with Gasteiger partial charge < -0.3 is 15.0 Å². The summed E-state index contributed by atoms with van der Waals surface area (Å²) in [6, 6.07) is 9.52. The predicted molar refractivity (Wildman–Crippen MR) is 88.8 cm³/mol. The van der Waals surface area contributed by atoms with Crippen LogP contribution in [0.2, 0.25) is 0 Å². The molecule has 1 saturated heterocycles. The number of benzene rings is 1. The maximum absolute atomic E-state index is 12.7. The lowest BCUT2D eigenvalue weighted by Crippen LogP contribution is -2.45. The van der Waals surface area contributed by atoms with Gasteiger partial charge in [-0.15, -0.1) is 0 Å². The van der Waals surface area contributed by atoms with Crippen molar-refractivity contribution in [2.75, 3.05) is 26.7 Å². The molecular formula is C18H26N2O3. The SMILES string of the molecule is CCCNC(=O)C1CCN(C(=O)C(OC)c2ccccc2)CC1. The van der Waals surface area contributed by atoms with E-state index in [-0.39, 0.29) is 17.7 Å². The molecule has 0 saturated carbocycles. The second-order valence-corrected chi connectivity index (χ2v) is 5.92. The molecule has 1 unspecified atom stereocenters. The summed E-state index contributed by atoms with van der Waals surface area (Å²) in [6.45, 7) is 3.97. The smallest absolute Gasteiger partial charge is 0.256 e. The van der Waals surface area contributed by atoms with Crippen molar-refractivity contribution in [3.8, 4) is 0 Å². The van der Waals surface area contributed by atoms with E-state index in [4.69, 9.17) is 4.74 Å². The van der Waals surface area contributed by atoms with Gasteiger partial charge in [0.1, 0.15) is 0 Å². The lowest BCUT2D eigenvalue weighted by Gasteiger charge is -2.33. The minimum absolute atomic E-state index is 0.0170. The Labute approximate surface area is 138 Å². The molecule has 1 fully saturated rings. The first kappa shape index (κ1) is 17.5. The van der Waals surface area contributed by atoms with Crippen molar-refractivity contribution < 1.29 is 14.3 Å². The summed E-state index contributed by atoms with van der Waals surface area (Å²) in [5.41, 5.74) is 0.864. The highest BCUT2D eigenvalue weighted by Crippen LogP contribution is 2.24. The van der Waals surface area contributed by atoms with E-state index < -0.39 is 6.10 Å². The van der Waals surface area contributed by atoms with Crippen LogP contribution in [0.5, 0.6) is 0 Å². The number of nitrogens with one attached hydrogen (secondary N) is 1. The molecule has 1 aliphatic heterocycles. The van der Waals surface area contributed by atoms with Crippen molar-refractivity contribution in [2.24, 2.45) is 5.92 Å². The van der Waals surface area contributed by atoms with Crippen molar-refractivity contribution in [3.05, 3.63) is 35.9 Å².